The van der Waals surface area contributed by atoms with Crippen LogP contribution in [0.15, 0.2) is 12.1 Å². The lowest BCUT2D eigenvalue weighted by Gasteiger charge is -2.33. The van der Waals surface area contributed by atoms with Gasteiger partial charge < -0.3 is 9.80 Å². The van der Waals surface area contributed by atoms with E-state index in [0.29, 0.717) is 12.2 Å². The molecular weight excluding hydrogens is 288 g/mol. The molecule has 0 aliphatic carbocycles. The maximum absolute atomic E-state index is 12.8. The van der Waals surface area contributed by atoms with Crippen molar-refractivity contribution in [2.45, 2.75) is 34.1 Å². The van der Waals surface area contributed by atoms with E-state index in [1.54, 1.807) is 4.90 Å². The number of aromatic amines is 1. The van der Waals surface area contributed by atoms with Crippen LogP contribution in [0, 0.1) is 20.8 Å². The van der Waals surface area contributed by atoms with E-state index in [2.05, 4.69) is 54.9 Å². The van der Waals surface area contributed by atoms with Crippen LogP contribution < -0.4 is 4.90 Å². The van der Waals surface area contributed by atoms with Crippen molar-refractivity contribution in [1.29, 1.82) is 0 Å². The number of hydrogen-bond acceptors (Lipinski definition) is 3. The van der Waals surface area contributed by atoms with E-state index < -0.39 is 0 Å². The van der Waals surface area contributed by atoms with Crippen LogP contribution >= 0.6 is 0 Å². The minimum atomic E-state index is 0.0375. The number of benzene rings is 1. The molecule has 0 saturated heterocycles. The molecule has 1 aliphatic rings. The van der Waals surface area contributed by atoms with Gasteiger partial charge in [0.15, 0.2) is 5.82 Å². The molecule has 0 spiro atoms. The Morgan fingerprint density at radius 2 is 1.83 bits per heavy atom. The molecule has 0 saturated carbocycles. The summed E-state index contributed by atoms with van der Waals surface area (Å²) in [6.45, 7) is 9.88. The zero-order valence-corrected chi connectivity index (χ0v) is 14.5. The molecule has 1 aromatic carbocycles. The lowest BCUT2D eigenvalue weighted by molar-refractivity contribution is 0.0783. The van der Waals surface area contributed by atoms with Crippen molar-refractivity contribution in [3.05, 3.63) is 34.4 Å². The van der Waals surface area contributed by atoms with Gasteiger partial charge in [-0.15, -0.1) is 0 Å². The highest BCUT2D eigenvalue weighted by Gasteiger charge is 2.33. The van der Waals surface area contributed by atoms with E-state index in [0.717, 1.165) is 41.2 Å². The molecular formula is C18H24N4O. The molecule has 0 radical (unpaired) electrons. The van der Waals surface area contributed by atoms with Gasteiger partial charge in [0.25, 0.3) is 5.91 Å². The fraction of sp³-hybridized carbons (Fsp3) is 0.444. The third kappa shape index (κ3) is 2.50. The van der Waals surface area contributed by atoms with Gasteiger partial charge in [-0.3, -0.25) is 9.89 Å². The number of anilines is 1. The number of nitrogens with zero attached hydrogens (tertiary/aromatic N) is 3. The molecule has 23 heavy (non-hydrogen) atoms. The topological polar surface area (TPSA) is 52.2 Å². The Morgan fingerprint density at radius 3 is 2.43 bits per heavy atom. The summed E-state index contributed by atoms with van der Waals surface area (Å²) in [5.74, 6) is 0.819. The van der Waals surface area contributed by atoms with E-state index in [1.165, 1.54) is 5.56 Å². The summed E-state index contributed by atoms with van der Waals surface area (Å²) in [4.78, 5) is 16.7. The summed E-state index contributed by atoms with van der Waals surface area (Å²) in [6, 6.07) is 4.30. The molecule has 1 amide bonds. The predicted octanol–water partition coefficient (Wildman–Crippen LogP) is 3.26. The lowest BCUT2D eigenvalue weighted by atomic mass is 9.94. The van der Waals surface area contributed by atoms with Crippen molar-refractivity contribution in [2.75, 3.05) is 25.2 Å². The van der Waals surface area contributed by atoms with Gasteiger partial charge in [0.1, 0.15) is 5.56 Å². The first-order valence-corrected chi connectivity index (χ1v) is 8.11. The molecule has 2 heterocycles. The Labute approximate surface area is 137 Å². The van der Waals surface area contributed by atoms with Gasteiger partial charge in [0.05, 0.1) is 12.4 Å². The van der Waals surface area contributed by atoms with Crippen molar-refractivity contribution in [2.24, 2.45) is 0 Å². The first-order valence-electron chi connectivity index (χ1n) is 8.11. The van der Waals surface area contributed by atoms with Crippen LogP contribution in [0.5, 0.6) is 0 Å². The number of nitrogens with one attached hydrogen (secondary N) is 1. The van der Waals surface area contributed by atoms with Crippen LogP contribution in [0.4, 0.5) is 5.82 Å². The molecule has 0 bridgehead atoms. The van der Waals surface area contributed by atoms with Crippen LogP contribution in [-0.4, -0.2) is 41.3 Å². The number of H-pyrrole nitrogens is 1. The standard InChI is InChI=1S/C18H24N4O/c1-6-7-22-10-21(5)18(23)15-16(19-20-17(15)22)14-12(3)8-11(2)9-13(14)4/h8-9H,6-7,10H2,1-5H3,(H,19,20). The van der Waals surface area contributed by atoms with E-state index in [4.69, 9.17) is 0 Å². The van der Waals surface area contributed by atoms with Crippen molar-refractivity contribution in [1.82, 2.24) is 15.1 Å². The van der Waals surface area contributed by atoms with Gasteiger partial charge in [-0.25, -0.2) is 0 Å². The Hall–Kier alpha value is -2.30. The third-order valence-corrected chi connectivity index (χ3v) is 4.41. The minimum absolute atomic E-state index is 0.0375. The molecule has 2 aromatic rings. The van der Waals surface area contributed by atoms with Crippen LogP contribution in [-0.2, 0) is 0 Å². The Morgan fingerprint density at radius 1 is 1.17 bits per heavy atom. The first-order chi connectivity index (χ1) is 10.9. The molecule has 122 valence electrons. The molecule has 5 nitrogen and oxygen atoms in total. The molecule has 0 unspecified atom stereocenters. The van der Waals surface area contributed by atoms with Gasteiger partial charge in [-0.2, -0.15) is 5.10 Å². The van der Waals surface area contributed by atoms with Crippen LogP contribution in [0.1, 0.15) is 40.4 Å². The second-order valence-electron chi connectivity index (χ2n) is 6.48. The minimum Gasteiger partial charge on any atom is -0.337 e. The summed E-state index contributed by atoms with van der Waals surface area (Å²) in [5.41, 5.74) is 6.18. The molecule has 1 aliphatic heterocycles. The summed E-state index contributed by atoms with van der Waals surface area (Å²) in [6.07, 6.45) is 1.02. The molecule has 0 atom stereocenters. The number of aromatic nitrogens is 2. The number of hydrogen-bond donors (Lipinski definition) is 1. The van der Waals surface area contributed by atoms with Crippen molar-refractivity contribution in [3.8, 4) is 11.3 Å². The predicted molar refractivity (Wildman–Crippen MR) is 92.8 cm³/mol. The van der Waals surface area contributed by atoms with E-state index >= 15 is 0 Å². The summed E-state index contributed by atoms with van der Waals surface area (Å²) in [7, 11) is 1.85. The Kier molecular flexibility index (Phi) is 3.88. The number of amides is 1. The monoisotopic (exact) mass is 312 g/mol. The number of aryl methyl sites for hydroxylation is 3. The van der Waals surface area contributed by atoms with Gasteiger partial charge in [0, 0.05) is 19.2 Å². The highest BCUT2D eigenvalue weighted by atomic mass is 16.2. The second kappa shape index (κ2) is 5.72. The molecule has 3 rings (SSSR count). The number of carbonyl (C=O) groups excluding carboxylic acids is 1. The second-order valence-corrected chi connectivity index (χ2v) is 6.48. The van der Waals surface area contributed by atoms with E-state index in [1.807, 2.05) is 7.05 Å². The fourth-order valence-corrected chi connectivity index (χ4v) is 3.54. The highest BCUT2D eigenvalue weighted by molar-refractivity contribution is 6.06. The molecule has 1 N–H and O–H groups in total. The number of fused-ring (bicyclic) bond motifs is 1. The molecule has 5 heteroatoms. The molecule has 0 fully saturated rings. The number of carbonyl (C=O) groups is 1. The summed E-state index contributed by atoms with van der Waals surface area (Å²) in [5, 5.41) is 7.61. The average molecular weight is 312 g/mol. The van der Waals surface area contributed by atoms with E-state index in [-0.39, 0.29) is 5.91 Å². The Balaban J connectivity index is 2.19. The Bertz CT molecular complexity index is 739. The van der Waals surface area contributed by atoms with Crippen LogP contribution in [0.2, 0.25) is 0 Å². The quantitative estimate of drug-likeness (QED) is 0.946. The highest BCUT2D eigenvalue weighted by Crippen LogP contribution is 2.36. The first kappa shape index (κ1) is 15.6. The SMILES string of the molecule is CCCN1CN(C)C(=O)c2c1n[nH]c2-c1c(C)cc(C)cc1C. The smallest absolute Gasteiger partial charge is 0.261 e. The van der Waals surface area contributed by atoms with Gasteiger partial charge in [0.2, 0.25) is 0 Å². The normalized spacial score (nSPS) is 14.4. The third-order valence-electron chi connectivity index (χ3n) is 4.41. The van der Waals surface area contributed by atoms with E-state index in [9.17, 15) is 4.79 Å². The van der Waals surface area contributed by atoms with Crippen molar-refractivity contribution < 1.29 is 4.79 Å². The van der Waals surface area contributed by atoms with Crippen LogP contribution in [0.3, 0.4) is 0 Å². The fourth-order valence-electron chi connectivity index (χ4n) is 3.54. The average Bonchev–Trinajstić information content (AvgIpc) is 2.89. The van der Waals surface area contributed by atoms with Crippen molar-refractivity contribution >= 4 is 11.7 Å². The zero-order chi connectivity index (χ0) is 16.7. The maximum atomic E-state index is 12.8. The zero-order valence-electron chi connectivity index (χ0n) is 14.5. The lowest BCUT2D eigenvalue weighted by Crippen LogP contribution is -2.44. The summed E-state index contributed by atoms with van der Waals surface area (Å²) >= 11 is 0. The maximum Gasteiger partial charge on any atom is 0.261 e. The summed E-state index contributed by atoms with van der Waals surface area (Å²) < 4.78 is 0. The van der Waals surface area contributed by atoms with Crippen LogP contribution in [0.25, 0.3) is 11.3 Å². The molecule has 1 aromatic heterocycles. The largest absolute Gasteiger partial charge is 0.337 e. The van der Waals surface area contributed by atoms with Crippen molar-refractivity contribution in [3.63, 3.8) is 0 Å². The van der Waals surface area contributed by atoms with Gasteiger partial charge in [-0.1, -0.05) is 24.6 Å². The number of rotatable bonds is 3. The van der Waals surface area contributed by atoms with Gasteiger partial charge >= 0.3 is 0 Å². The van der Waals surface area contributed by atoms with Gasteiger partial charge in [-0.05, 0) is 38.3 Å².